The number of benzene rings is 2. The van der Waals surface area contributed by atoms with E-state index in [1.807, 2.05) is 0 Å². The van der Waals surface area contributed by atoms with Gasteiger partial charge in [-0.25, -0.2) is 13.4 Å². The van der Waals surface area contributed by atoms with Crippen LogP contribution in [0.15, 0.2) is 53.4 Å². The summed E-state index contributed by atoms with van der Waals surface area (Å²) in [5.41, 5.74) is 6.90. The number of nitrogens with one attached hydrogen (secondary N) is 1. The molecule has 0 aliphatic rings. The van der Waals surface area contributed by atoms with E-state index in [0.29, 0.717) is 21.1 Å². The highest BCUT2D eigenvalue weighted by molar-refractivity contribution is 7.92. The Morgan fingerprint density at radius 2 is 1.78 bits per heavy atom. The van der Waals surface area contributed by atoms with Crippen LogP contribution in [0.2, 0.25) is 10.2 Å². The summed E-state index contributed by atoms with van der Waals surface area (Å²) < 4.78 is 27.5. The summed E-state index contributed by atoms with van der Waals surface area (Å²) in [6.45, 7) is 0. The lowest BCUT2D eigenvalue weighted by Gasteiger charge is -2.11. The predicted octanol–water partition coefficient (Wildman–Crippen LogP) is 3.92. The summed E-state index contributed by atoms with van der Waals surface area (Å²) in [4.78, 5) is 4.22. The van der Waals surface area contributed by atoms with Crippen molar-refractivity contribution in [2.24, 2.45) is 0 Å². The average Bonchev–Trinajstić information content (AvgIpc) is 2.49. The molecule has 1 heterocycles. The normalized spacial score (nSPS) is 11.6. The van der Waals surface area contributed by atoms with Crippen molar-refractivity contribution in [3.8, 4) is 0 Å². The van der Waals surface area contributed by atoms with Crippen molar-refractivity contribution in [2.45, 2.75) is 4.90 Å². The number of hydrogen-bond donors (Lipinski definition) is 2. The third-order valence-corrected chi connectivity index (χ3v) is 5.00. The Hall–Kier alpha value is -2.02. The van der Waals surface area contributed by atoms with E-state index in [1.54, 1.807) is 24.3 Å². The Morgan fingerprint density at radius 1 is 1.00 bits per heavy atom. The topological polar surface area (TPSA) is 85.1 Å². The molecule has 0 atom stereocenters. The average molecular weight is 368 g/mol. The van der Waals surface area contributed by atoms with Gasteiger partial charge in [0.15, 0.2) is 0 Å². The first-order valence-corrected chi connectivity index (χ1v) is 8.73. The molecule has 2 aromatic carbocycles. The van der Waals surface area contributed by atoms with Crippen molar-refractivity contribution in [3.05, 3.63) is 58.7 Å². The van der Waals surface area contributed by atoms with Crippen molar-refractivity contribution in [2.75, 3.05) is 10.5 Å². The Kier molecular flexibility index (Phi) is 4.06. The monoisotopic (exact) mass is 367 g/mol. The van der Waals surface area contributed by atoms with Gasteiger partial charge in [-0.1, -0.05) is 23.2 Å². The van der Waals surface area contributed by atoms with Crippen LogP contribution in [0.5, 0.6) is 0 Å². The van der Waals surface area contributed by atoms with Gasteiger partial charge in [0, 0.05) is 10.4 Å². The summed E-state index contributed by atoms with van der Waals surface area (Å²) in [5, 5.41) is 1.45. The van der Waals surface area contributed by atoms with Gasteiger partial charge < -0.3 is 5.73 Å². The van der Waals surface area contributed by atoms with Gasteiger partial charge in [-0.3, -0.25) is 4.72 Å². The molecule has 3 rings (SSSR count). The van der Waals surface area contributed by atoms with Crippen molar-refractivity contribution < 1.29 is 8.42 Å². The smallest absolute Gasteiger partial charge is 0.261 e. The van der Waals surface area contributed by atoms with E-state index in [2.05, 4.69) is 9.71 Å². The summed E-state index contributed by atoms with van der Waals surface area (Å²) in [6, 6.07) is 12.4. The lowest BCUT2D eigenvalue weighted by atomic mass is 10.2. The molecule has 1 aromatic heterocycles. The molecular formula is C15H11Cl2N3O2S. The largest absolute Gasteiger partial charge is 0.397 e. The minimum Gasteiger partial charge on any atom is -0.397 e. The van der Waals surface area contributed by atoms with Crippen molar-refractivity contribution in [1.29, 1.82) is 0 Å². The van der Waals surface area contributed by atoms with E-state index in [1.165, 1.54) is 24.3 Å². The van der Waals surface area contributed by atoms with E-state index in [9.17, 15) is 8.42 Å². The van der Waals surface area contributed by atoms with Crippen LogP contribution < -0.4 is 10.5 Å². The highest BCUT2D eigenvalue weighted by Gasteiger charge is 2.16. The molecule has 3 N–H and O–H groups in total. The number of nitrogens with two attached hydrogens (primary N) is 1. The second-order valence-electron chi connectivity index (χ2n) is 4.83. The molecule has 0 saturated carbocycles. The van der Waals surface area contributed by atoms with E-state index in [0.717, 1.165) is 0 Å². The summed E-state index contributed by atoms with van der Waals surface area (Å²) in [7, 11) is -3.78. The van der Waals surface area contributed by atoms with Gasteiger partial charge in [0.25, 0.3) is 10.0 Å². The maximum atomic E-state index is 12.5. The van der Waals surface area contributed by atoms with E-state index >= 15 is 0 Å². The molecular weight excluding hydrogens is 357 g/mol. The van der Waals surface area contributed by atoms with Crippen molar-refractivity contribution in [1.82, 2.24) is 4.98 Å². The molecule has 0 amide bonds. The zero-order chi connectivity index (χ0) is 16.6. The fourth-order valence-corrected chi connectivity index (χ4v) is 3.53. The minimum absolute atomic E-state index is 0.100. The van der Waals surface area contributed by atoms with Crippen molar-refractivity contribution in [3.63, 3.8) is 0 Å². The fraction of sp³-hybridized carbons (Fsp3) is 0. The van der Waals surface area contributed by atoms with Crippen LogP contribution in [0.3, 0.4) is 0 Å². The first-order valence-electron chi connectivity index (χ1n) is 6.49. The molecule has 118 valence electrons. The molecule has 0 spiro atoms. The molecule has 23 heavy (non-hydrogen) atoms. The molecule has 0 aliphatic carbocycles. The van der Waals surface area contributed by atoms with Gasteiger partial charge in [0.2, 0.25) is 0 Å². The lowest BCUT2D eigenvalue weighted by molar-refractivity contribution is 0.601. The Balaban J connectivity index is 2.00. The predicted molar refractivity (Wildman–Crippen MR) is 93.4 cm³/mol. The van der Waals surface area contributed by atoms with Crippen LogP contribution in [0.1, 0.15) is 0 Å². The number of aromatic nitrogens is 1. The molecule has 0 fully saturated rings. The van der Waals surface area contributed by atoms with Crippen LogP contribution in [0, 0.1) is 0 Å². The molecule has 3 aromatic rings. The first kappa shape index (κ1) is 15.9. The number of hydrogen-bond acceptors (Lipinski definition) is 4. The van der Waals surface area contributed by atoms with E-state index in [-0.39, 0.29) is 16.3 Å². The highest BCUT2D eigenvalue weighted by atomic mass is 35.5. The number of fused-ring (bicyclic) bond motifs is 1. The summed E-state index contributed by atoms with van der Waals surface area (Å²) >= 11 is 11.6. The number of halogens is 2. The molecule has 0 unspecified atom stereocenters. The number of rotatable bonds is 3. The minimum atomic E-state index is -3.78. The van der Waals surface area contributed by atoms with Crippen LogP contribution in [0.25, 0.3) is 10.9 Å². The SMILES string of the molecule is Nc1cc(Cl)ccc1NS(=O)(=O)c1ccc2nc(Cl)ccc2c1. The number of nitrogens with zero attached hydrogens (tertiary/aromatic N) is 1. The molecule has 5 nitrogen and oxygen atoms in total. The van der Waals surface area contributed by atoms with Crippen LogP contribution >= 0.6 is 23.2 Å². The van der Waals surface area contributed by atoms with Crippen LogP contribution in [-0.2, 0) is 10.0 Å². The molecule has 8 heteroatoms. The summed E-state index contributed by atoms with van der Waals surface area (Å²) in [5.74, 6) is 0. The van der Waals surface area contributed by atoms with Crippen LogP contribution in [0.4, 0.5) is 11.4 Å². The second-order valence-corrected chi connectivity index (χ2v) is 7.33. The van der Waals surface area contributed by atoms with Gasteiger partial charge >= 0.3 is 0 Å². The third kappa shape index (κ3) is 3.34. The number of anilines is 2. The van der Waals surface area contributed by atoms with E-state index in [4.69, 9.17) is 28.9 Å². The highest BCUT2D eigenvalue weighted by Crippen LogP contribution is 2.26. The molecule has 0 saturated heterocycles. The van der Waals surface area contributed by atoms with Gasteiger partial charge in [-0.15, -0.1) is 0 Å². The maximum absolute atomic E-state index is 12.5. The first-order chi connectivity index (χ1) is 10.8. The molecule has 0 radical (unpaired) electrons. The quantitative estimate of drug-likeness (QED) is 0.542. The number of nitrogen functional groups attached to an aromatic ring is 1. The zero-order valence-corrected chi connectivity index (χ0v) is 14.0. The fourth-order valence-electron chi connectivity index (χ4n) is 2.08. The Bertz CT molecular complexity index is 1010. The van der Waals surface area contributed by atoms with Gasteiger partial charge in [0.1, 0.15) is 5.15 Å². The standard InChI is InChI=1S/C15H11Cl2N3O2S/c16-10-2-4-14(12(18)8-10)20-23(21,22)11-3-5-13-9(7-11)1-6-15(17)19-13/h1-8,20H,18H2. The number of sulfonamides is 1. The molecule has 0 bridgehead atoms. The second kappa shape index (κ2) is 5.88. The number of pyridine rings is 1. The van der Waals surface area contributed by atoms with Gasteiger partial charge in [0.05, 0.1) is 21.8 Å². The molecule has 0 aliphatic heterocycles. The zero-order valence-electron chi connectivity index (χ0n) is 11.6. The van der Waals surface area contributed by atoms with Gasteiger partial charge in [-0.05, 0) is 48.5 Å². The van der Waals surface area contributed by atoms with Gasteiger partial charge in [-0.2, -0.15) is 0 Å². The summed E-state index contributed by atoms with van der Waals surface area (Å²) in [6.07, 6.45) is 0. The Morgan fingerprint density at radius 3 is 2.52 bits per heavy atom. The van der Waals surface area contributed by atoms with Crippen LogP contribution in [-0.4, -0.2) is 13.4 Å². The lowest BCUT2D eigenvalue weighted by Crippen LogP contribution is -2.14. The van der Waals surface area contributed by atoms with E-state index < -0.39 is 10.0 Å². The maximum Gasteiger partial charge on any atom is 0.261 e. The Labute approximate surface area is 143 Å². The van der Waals surface area contributed by atoms with Crippen molar-refractivity contribution >= 4 is 55.5 Å². The third-order valence-electron chi connectivity index (χ3n) is 3.19.